The fourth-order valence-electron chi connectivity index (χ4n) is 0.906. The summed E-state index contributed by atoms with van der Waals surface area (Å²) < 4.78 is 21.8. The van der Waals surface area contributed by atoms with Crippen molar-refractivity contribution >= 4 is 27.2 Å². The summed E-state index contributed by atoms with van der Waals surface area (Å²) in [6, 6.07) is -0.185. The minimum absolute atomic E-state index is 0.0921. The SMILES string of the molecule is CNC(=S)NC1C=CS(=O)(=O)C1. The fraction of sp³-hybridized carbons (Fsp3) is 0.500. The number of hydrogen-bond acceptors (Lipinski definition) is 3. The maximum Gasteiger partial charge on any atom is 0.173 e. The molecule has 0 bridgehead atoms. The Kier molecular flexibility index (Phi) is 2.69. The van der Waals surface area contributed by atoms with Crippen LogP contribution in [0.4, 0.5) is 0 Å². The number of sulfone groups is 1. The number of hydrogen-bond donors (Lipinski definition) is 2. The van der Waals surface area contributed by atoms with Crippen LogP contribution in [-0.2, 0) is 9.84 Å². The second kappa shape index (κ2) is 3.40. The predicted octanol–water partition coefficient (Wildman–Crippen LogP) is -0.609. The van der Waals surface area contributed by atoms with Crippen LogP contribution >= 0.6 is 12.2 Å². The van der Waals surface area contributed by atoms with E-state index in [4.69, 9.17) is 12.2 Å². The summed E-state index contributed by atoms with van der Waals surface area (Å²) in [6.07, 6.45) is 1.60. The summed E-state index contributed by atoms with van der Waals surface area (Å²) in [6.45, 7) is 0. The average molecular weight is 206 g/mol. The molecule has 0 saturated carbocycles. The van der Waals surface area contributed by atoms with Crippen molar-refractivity contribution in [2.24, 2.45) is 0 Å². The first-order valence-corrected chi connectivity index (χ1v) is 5.55. The van der Waals surface area contributed by atoms with Gasteiger partial charge in [-0.3, -0.25) is 0 Å². The molecule has 0 radical (unpaired) electrons. The van der Waals surface area contributed by atoms with E-state index in [1.807, 2.05) is 0 Å². The molecule has 0 saturated heterocycles. The molecule has 1 aliphatic rings. The lowest BCUT2D eigenvalue weighted by Gasteiger charge is -2.10. The Balaban J connectivity index is 2.51. The third-order valence-corrected chi connectivity index (χ3v) is 3.19. The molecule has 1 rings (SSSR count). The molecule has 6 heteroatoms. The molecule has 1 unspecified atom stereocenters. The lowest BCUT2D eigenvalue weighted by atomic mass is 10.3. The van der Waals surface area contributed by atoms with Gasteiger partial charge in [0.2, 0.25) is 0 Å². The van der Waals surface area contributed by atoms with E-state index in [1.54, 1.807) is 13.1 Å². The summed E-state index contributed by atoms with van der Waals surface area (Å²) in [5.74, 6) is 0.0921. The Morgan fingerprint density at radius 1 is 1.67 bits per heavy atom. The topological polar surface area (TPSA) is 58.2 Å². The van der Waals surface area contributed by atoms with E-state index in [0.717, 1.165) is 0 Å². The van der Waals surface area contributed by atoms with Crippen molar-refractivity contribution in [1.29, 1.82) is 0 Å². The summed E-state index contributed by atoms with van der Waals surface area (Å²) in [5.41, 5.74) is 0. The minimum Gasteiger partial charge on any atom is -0.366 e. The molecule has 12 heavy (non-hydrogen) atoms. The van der Waals surface area contributed by atoms with Crippen LogP contribution in [0, 0.1) is 0 Å². The standard InChI is InChI=1S/C6H10N2O2S2/c1-7-6(11)8-5-2-3-12(9,10)4-5/h2-3,5H,4H2,1H3,(H2,7,8,11). The second-order valence-corrected chi connectivity index (χ2v) is 4.83. The summed E-state index contributed by atoms with van der Waals surface area (Å²) in [4.78, 5) is 0. The summed E-state index contributed by atoms with van der Waals surface area (Å²) >= 11 is 4.82. The van der Waals surface area contributed by atoms with E-state index in [2.05, 4.69) is 10.6 Å². The third kappa shape index (κ3) is 2.46. The van der Waals surface area contributed by atoms with E-state index in [0.29, 0.717) is 5.11 Å². The fourth-order valence-corrected chi connectivity index (χ4v) is 2.29. The van der Waals surface area contributed by atoms with Gasteiger partial charge in [0.15, 0.2) is 14.9 Å². The van der Waals surface area contributed by atoms with Gasteiger partial charge in [-0.1, -0.05) is 0 Å². The van der Waals surface area contributed by atoms with Gasteiger partial charge in [0, 0.05) is 12.5 Å². The van der Waals surface area contributed by atoms with Crippen molar-refractivity contribution < 1.29 is 8.42 Å². The molecule has 1 heterocycles. The quantitative estimate of drug-likeness (QED) is 0.561. The largest absolute Gasteiger partial charge is 0.366 e. The molecule has 1 aliphatic heterocycles. The van der Waals surface area contributed by atoms with E-state index in [9.17, 15) is 8.42 Å². The van der Waals surface area contributed by atoms with E-state index in [1.165, 1.54) is 5.41 Å². The van der Waals surface area contributed by atoms with Crippen LogP contribution in [-0.4, -0.2) is 32.4 Å². The smallest absolute Gasteiger partial charge is 0.173 e. The molecule has 2 N–H and O–H groups in total. The zero-order valence-electron chi connectivity index (χ0n) is 6.57. The molecule has 4 nitrogen and oxygen atoms in total. The molecule has 0 spiro atoms. The minimum atomic E-state index is -2.98. The zero-order valence-corrected chi connectivity index (χ0v) is 8.21. The maximum absolute atomic E-state index is 10.9. The first kappa shape index (κ1) is 9.47. The van der Waals surface area contributed by atoms with Crippen LogP contribution in [0.25, 0.3) is 0 Å². The van der Waals surface area contributed by atoms with Gasteiger partial charge >= 0.3 is 0 Å². The highest BCUT2D eigenvalue weighted by Gasteiger charge is 2.21. The Hall–Kier alpha value is -0.620. The number of nitrogens with one attached hydrogen (secondary N) is 2. The molecule has 0 aromatic heterocycles. The second-order valence-electron chi connectivity index (χ2n) is 2.49. The zero-order chi connectivity index (χ0) is 9.19. The number of rotatable bonds is 1. The monoisotopic (exact) mass is 206 g/mol. The normalized spacial score (nSPS) is 25.2. The Labute approximate surface area is 77.0 Å². The van der Waals surface area contributed by atoms with Crippen LogP contribution < -0.4 is 10.6 Å². The van der Waals surface area contributed by atoms with Crippen molar-refractivity contribution in [2.75, 3.05) is 12.8 Å². The molecule has 68 valence electrons. The van der Waals surface area contributed by atoms with Gasteiger partial charge in [-0.25, -0.2) is 8.42 Å². The van der Waals surface area contributed by atoms with Gasteiger partial charge in [-0.2, -0.15) is 0 Å². The summed E-state index contributed by atoms with van der Waals surface area (Å²) in [5, 5.41) is 7.22. The Morgan fingerprint density at radius 2 is 2.33 bits per heavy atom. The van der Waals surface area contributed by atoms with Crippen LogP contribution in [0.15, 0.2) is 11.5 Å². The summed E-state index contributed by atoms with van der Waals surface area (Å²) in [7, 11) is -1.30. The molecule has 0 aromatic carbocycles. The van der Waals surface area contributed by atoms with Crippen molar-refractivity contribution in [3.63, 3.8) is 0 Å². The maximum atomic E-state index is 10.9. The van der Waals surface area contributed by atoms with Gasteiger partial charge in [0.25, 0.3) is 0 Å². The van der Waals surface area contributed by atoms with Crippen LogP contribution in [0.3, 0.4) is 0 Å². The van der Waals surface area contributed by atoms with Crippen molar-refractivity contribution in [3.8, 4) is 0 Å². The molecular formula is C6H10N2O2S2. The van der Waals surface area contributed by atoms with E-state index >= 15 is 0 Å². The molecule has 0 fully saturated rings. The van der Waals surface area contributed by atoms with Gasteiger partial charge in [0.05, 0.1) is 11.8 Å². The highest BCUT2D eigenvalue weighted by atomic mass is 32.2. The third-order valence-electron chi connectivity index (χ3n) is 1.47. The number of thiocarbonyl (C=S) groups is 1. The lowest BCUT2D eigenvalue weighted by Crippen LogP contribution is -2.40. The molecule has 1 atom stereocenters. The highest BCUT2D eigenvalue weighted by Crippen LogP contribution is 2.07. The van der Waals surface area contributed by atoms with Gasteiger partial charge < -0.3 is 10.6 Å². The Morgan fingerprint density at radius 3 is 2.75 bits per heavy atom. The first-order valence-electron chi connectivity index (χ1n) is 3.43. The molecule has 0 aromatic rings. The Bertz CT molecular complexity index is 308. The van der Waals surface area contributed by atoms with Gasteiger partial charge in [0.1, 0.15) is 0 Å². The van der Waals surface area contributed by atoms with Crippen LogP contribution in [0.1, 0.15) is 0 Å². The highest BCUT2D eigenvalue weighted by molar-refractivity contribution is 7.94. The predicted molar refractivity (Wildman–Crippen MR) is 51.5 cm³/mol. The molecule has 0 amide bonds. The lowest BCUT2D eigenvalue weighted by molar-refractivity contribution is 0.602. The van der Waals surface area contributed by atoms with Crippen LogP contribution in [0.2, 0.25) is 0 Å². The molecule has 0 aliphatic carbocycles. The van der Waals surface area contributed by atoms with Gasteiger partial charge in [-0.15, -0.1) is 0 Å². The first-order chi connectivity index (χ1) is 5.53. The van der Waals surface area contributed by atoms with Gasteiger partial charge in [-0.05, 0) is 18.3 Å². The average Bonchev–Trinajstić information content (AvgIpc) is 2.30. The van der Waals surface area contributed by atoms with Crippen LogP contribution in [0.5, 0.6) is 0 Å². The van der Waals surface area contributed by atoms with Crippen molar-refractivity contribution in [2.45, 2.75) is 6.04 Å². The van der Waals surface area contributed by atoms with E-state index in [-0.39, 0.29) is 11.8 Å². The van der Waals surface area contributed by atoms with Crippen molar-refractivity contribution in [3.05, 3.63) is 11.5 Å². The van der Waals surface area contributed by atoms with Crippen molar-refractivity contribution in [1.82, 2.24) is 10.6 Å². The molecular weight excluding hydrogens is 196 g/mol. The van der Waals surface area contributed by atoms with E-state index < -0.39 is 9.84 Å².